The average Bonchev–Trinajstić information content (AvgIpc) is 2.35. The standard InChI is InChI=1S/C11H18BrN3O4S2/c1-11(2,20(4,16)17)7-15-21(18,19)9-5-8(12)6-14-10(9)13-3/h5-6,15H,7H2,1-4H3,(H,13,14). The molecule has 2 N–H and O–H groups in total. The highest BCUT2D eigenvalue weighted by atomic mass is 79.9. The van der Waals surface area contributed by atoms with Gasteiger partial charge >= 0.3 is 0 Å². The molecule has 1 rings (SSSR count). The van der Waals surface area contributed by atoms with Crippen molar-refractivity contribution in [3.05, 3.63) is 16.7 Å². The Labute approximate surface area is 133 Å². The molecule has 0 fully saturated rings. The number of nitrogens with one attached hydrogen (secondary N) is 2. The fourth-order valence-electron chi connectivity index (χ4n) is 1.29. The molecule has 7 nitrogen and oxygen atoms in total. The molecule has 0 atom stereocenters. The minimum atomic E-state index is -3.89. The van der Waals surface area contributed by atoms with Crippen LogP contribution in [0, 0.1) is 0 Å². The smallest absolute Gasteiger partial charge is 0.244 e. The summed E-state index contributed by atoms with van der Waals surface area (Å²) in [7, 11) is -5.74. The van der Waals surface area contributed by atoms with Crippen molar-refractivity contribution in [2.75, 3.05) is 25.2 Å². The van der Waals surface area contributed by atoms with Crippen LogP contribution < -0.4 is 10.0 Å². The Balaban J connectivity index is 3.12. The summed E-state index contributed by atoms with van der Waals surface area (Å²) >= 11 is 3.16. The zero-order chi connectivity index (χ0) is 16.5. The molecule has 0 spiro atoms. The molecule has 120 valence electrons. The predicted molar refractivity (Wildman–Crippen MR) is 85.6 cm³/mol. The maximum Gasteiger partial charge on any atom is 0.244 e. The van der Waals surface area contributed by atoms with Gasteiger partial charge in [-0.1, -0.05) is 0 Å². The van der Waals surface area contributed by atoms with Crippen LogP contribution in [0.3, 0.4) is 0 Å². The van der Waals surface area contributed by atoms with Crippen LogP contribution in [0.1, 0.15) is 13.8 Å². The first-order valence-corrected chi connectivity index (χ1v) is 10.1. The van der Waals surface area contributed by atoms with E-state index in [4.69, 9.17) is 0 Å². The Kier molecular flexibility index (Phi) is 5.40. The zero-order valence-electron chi connectivity index (χ0n) is 12.1. The van der Waals surface area contributed by atoms with Gasteiger partial charge in [-0.05, 0) is 35.8 Å². The monoisotopic (exact) mass is 399 g/mol. The molecule has 0 saturated heterocycles. The molecule has 1 aromatic rings. The molecule has 10 heteroatoms. The highest BCUT2D eigenvalue weighted by molar-refractivity contribution is 9.10. The van der Waals surface area contributed by atoms with E-state index in [1.807, 2.05) is 0 Å². The Morgan fingerprint density at radius 2 is 1.86 bits per heavy atom. The van der Waals surface area contributed by atoms with Gasteiger partial charge in [0.1, 0.15) is 10.7 Å². The van der Waals surface area contributed by atoms with Gasteiger partial charge in [-0.25, -0.2) is 26.5 Å². The molecule has 1 heterocycles. The van der Waals surface area contributed by atoms with Crippen molar-refractivity contribution in [1.82, 2.24) is 9.71 Å². The van der Waals surface area contributed by atoms with Crippen molar-refractivity contribution in [1.29, 1.82) is 0 Å². The van der Waals surface area contributed by atoms with Crippen molar-refractivity contribution in [3.8, 4) is 0 Å². The second kappa shape index (κ2) is 6.19. The second-order valence-corrected chi connectivity index (χ2v) is 10.4. The summed E-state index contributed by atoms with van der Waals surface area (Å²) in [5.41, 5.74) is 0. The maximum atomic E-state index is 12.3. The Bertz CT molecular complexity index is 730. The van der Waals surface area contributed by atoms with E-state index in [9.17, 15) is 16.8 Å². The van der Waals surface area contributed by atoms with Gasteiger partial charge in [-0.2, -0.15) is 0 Å². The summed E-state index contributed by atoms with van der Waals surface area (Å²) in [6, 6.07) is 1.40. The van der Waals surface area contributed by atoms with Gasteiger partial charge < -0.3 is 5.32 Å². The summed E-state index contributed by atoms with van der Waals surface area (Å²) in [5.74, 6) is 0.183. The molecule has 0 radical (unpaired) electrons. The third-order valence-electron chi connectivity index (χ3n) is 3.04. The first-order valence-electron chi connectivity index (χ1n) is 5.93. The minimum absolute atomic E-state index is 0.0522. The number of rotatable bonds is 6. The van der Waals surface area contributed by atoms with Crippen LogP contribution in [0.2, 0.25) is 0 Å². The quantitative estimate of drug-likeness (QED) is 0.738. The molecular weight excluding hydrogens is 382 g/mol. The van der Waals surface area contributed by atoms with Gasteiger partial charge in [0.2, 0.25) is 10.0 Å². The van der Waals surface area contributed by atoms with Gasteiger partial charge in [-0.15, -0.1) is 0 Å². The first kappa shape index (κ1) is 18.3. The van der Waals surface area contributed by atoms with E-state index < -0.39 is 24.6 Å². The van der Waals surface area contributed by atoms with Crippen molar-refractivity contribution >= 4 is 41.6 Å². The number of nitrogens with zero attached hydrogens (tertiary/aromatic N) is 1. The van der Waals surface area contributed by atoms with Crippen molar-refractivity contribution in [2.24, 2.45) is 0 Å². The Morgan fingerprint density at radius 3 is 2.33 bits per heavy atom. The summed E-state index contributed by atoms with van der Waals surface area (Å²) < 4.78 is 49.5. The van der Waals surface area contributed by atoms with E-state index >= 15 is 0 Å². The molecular formula is C11H18BrN3O4S2. The number of halogens is 1. The molecule has 0 aliphatic carbocycles. The first-order chi connectivity index (χ1) is 9.40. The number of hydrogen-bond donors (Lipinski definition) is 2. The van der Waals surface area contributed by atoms with Crippen LogP contribution in [0.25, 0.3) is 0 Å². The SMILES string of the molecule is CNc1ncc(Br)cc1S(=O)(=O)NCC(C)(C)S(C)(=O)=O. The van der Waals surface area contributed by atoms with Crippen LogP contribution >= 0.6 is 15.9 Å². The number of anilines is 1. The van der Waals surface area contributed by atoms with Crippen molar-refractivity contribution in [2.45, 2.75) is 23.5 Å². The van der Waals surface area contributed by atoms with Crippen LogP contribution in [-0.2, 0) is 19.9 Å². The van der Waals surface area contributed by atoms with Crippen LogP contribution in [-0.4, -0.2) is 46.4 Å². The van der Waals surface area contributed by atoms with Crippen LogP contribution in [0.5, 0.6) is 0 Å². The van der Waals surface area contributed by atoms with Gasteiger partial charge in [-0.3, -0.25) is 0 Å². The fourth-order valence-corrected chi connectivity index (χ4v) is 3.60. The average molecular weight is 400 g/mol. The topological polar surface area (TPSA) is 105 Å². The summed E-state index contributed by atoms with van der Waals surface area (Å²) in [4.78, 5) is 3.91. The maximum absolute atomic E-state index is 12.3. The molecule has 0 aliphatic heterocycles. The van der Waals surface area contributed by atoms with Gasteiger partial charge in [0.05, 0.1) is 4.75 Å². The number of pyridine rings is 1. The zero-order valence-corrected chi connectivity index (χ0v) is 15.4. The molecule has 0 bridgehead atoms. The Hall–Kier alpha value is -0.710. The minimum Gasteiger partial charge on any atom is -0.372 e. The highest BCUT2D eigenvalue weighted by Gasteiger charge is 2.32. The predicted octanol–water partition coefficient (Wildman–Crippen LogP) is 0.987. The van der Waals surface area contributed by atoms with Gasteiger partial charge in [0.25, 0.3) is 0 Å². The lowest BCUT2D eigenvalue weighted by Crippen LogP contribution is -2.43. The summed E-state index contributed by atoms with van der Waals surface area (Å²) in [6.07, 6.45) is 2.53. The number of aromatic nitrogens is 1. The lowest BCUT2D eigenvalue weighted by molar-refractivity contribution is 0.537. The molecule has 0 aliphatic rings. The Morgan fingerprint density at radius 1 is 1.29 bits per heavy atom. The molecule has 0 unspecified atom stereocenters. The third kappa shape index (κ3) is 4.38. The second-order valence-electron chi connectivity index (χ2n) is 5.11. The highest BCUT2D eigenvalue weighted by Crippen LogP contribution is 2.23. The van der Waals surface area contributed by atoms with E-state index in [-0.39, 0.29) is 17.3 Å². The van der Waals surface area contributed by atoms with E-state index in [2.05, 4.69) is 31.0 Å². The molecule has 1 aromatic heterocycles. The van der Waals surface area contributed by atoms with Gasteiger partial charge in [0, 0.05) is 30.5 Å². The number of hydrogen-bond acceptors (Lipinski definition) is 6. The molecule has 0 aromatic carbocycles. The van der Waals surface area contributed by atoms with E-state index in [1.165, 1.54) is 26.1 Å². The summed E-state index contributed by atoms with van der Waals surface area (Å²) in [5, 5.41) is 2.69. The normalized spacial score (nSPS) is 13.2. The van der Waals surface area contributed by atoms with Gasteiger partial charge in [0.15, 0.2) is 9.84 Å². The van der Waals surface area contributed by atoms with E-state index in [0.29, 0.717) is 4.47 Å². The largest absolute Gasteiger partial charge is 0.372 e. The number of sulfonamides is 1. The van der Waals surface area contributed by atoms with E-state index in [0.717, 1.165) is 6.26 Å². The fraction of sp³-hybridized carbons (Fsp3) is 0.545. The lowest BCUT2D eigenvalue weighted by Gasteiger charge is -2.23. The number of sulfone groups is 1. The van der Waals surface area contributed by atoms with Crippen LogP contribution in [0.15, 0.2) is 21.6 Å². The summed E-state index contributed by atoms with van der Waals surface area (Å²) in [6.45, 7) is 2.69. The van der Waals surface area contributed by atoms with Crippen LogP contribution in [0.4, 0.5) is 5.82 Å². The molecule has 21 heavy (non-hydrogen) atoms. The van der Waals surface area contributed by atoms with Crippen molar-refractivity contribution < 1.29 is 16.8 Å². The van der Waals surface area contributed by atoms with Crippen molar-refractivity contribution in [3.63, 3.8) is 0 Å². The third-order valence-corrected chi connectivity index (χ3v) is 7.04. The molecule has 0 amide bonds. The van der Waals surface area contributed by atoms with E-state index in [1.54, 1.807) is 7.05 Å². The lowest BCUT2D eigenvalue weighted by atomic mass is 10.2. The molecule has 0 saturated carbocycles.